The highest BCUT2D eigenvalue weighted by atomic mass is 16.6. The second kappa shape index (κ2) is 6.84. The van der Waals surface area contributed by atoms with Gasteiger partial charge in [-0.1, -0.05) is 12.1 Å². The van der Waals surface area contributed by atoms with Gasteiger partial charge in [-0.05, 0) is 48.6 Å². The molecule has 0 atom stereocenters. The zero-order valence-corrected chi connectivity index (χ0v) is 13.0. The second-order valence-electron chi connectivity index (χ2n) is 5.25. The van der Waals surface area contributed by atoms with Crippen LogP contribution >= 0.6 is 0 Å². The molecule has 0 saturated carbocycles. The van der Waals surface area contributed by atoms with Crippen LogP contribution in [-0.4, -0.2) is 15.8 Å². The van der Waals surface area contributed by atoms with Crippen LogP contribution in [0, 0.1) is 10.1 Å². The maximum atomic E-state index is 12.0. The van der Waals surface area contributed by atoms with E-state index < -0.39 is 4.92 Å². The van der Waals surface area contributed by atoms with Gasteiger partial charge in [-0.2, -0.15) is 0 Å². The van der Waals surface area contributed by atoms with Gasteiger partial charge in [0.25, 0.3) is 5.69 Å². The number of nitrogens with zero attached hydrogens (tertiary/aromatic N) is 1. The third kappa shape index (κ3) is 3.81. The highest BCUT2D eigenvalue weighted by Crippen LogP contribution is 2.26. The number of allylic oxidation sites excluding steroid dienone is 1. The summed E-state index contributed by atoms with van der Waals surface area (Å²) in [4.78, 5) is 22.4. The summed E-state index contributed by atoms with van der Waals surface area (Å²) in [6.07, 6.45) is 2.89. The van der Waals surface area contributed by atoms with Gasteiger partial charge in [0.1, 0.15) is 17.3 Å². The molecule has 0 bridgehead atoms. The number of furan rings is 1. The van der Waals surface area contributed by atoms with Crippen LogP contribution < -0.4 is 0 Å². The van der Waals surface area contributed by atoms with Crippen LogP contribution in [-0.2, 0) is 0 Å². The van der Waals surface area contributed by atoms with E-state index in [9.17, 15) is 20.0 Å². The molecule has 0 radical (unpaired) electrons. The van der Waals surface area contributed by atoms with E-state index in [1.807, 2.05) is 0 Å². The number of phenolic OH excluding ortho intramolecular Hbond substituents is 1. The molecule has 25 heavy (non-hydrogen) atoms. The number of ketones is 1. The van der Waals surface area contributed by atoms with Crippen molar-refractivity contribution in [3.05, 3.63) is 88.2 Å². The van der Waals surface area contributed by atoms with Crippen molar-refractivity contribution in [2.45, 2.75) is 0 Å². The molecule has 124 valence electrons. The number of benzene rings is 2. The van der Waals surface area contributed by atoms with E-state index in [-0.39, 0.29) is 17.2 Å². The maximum Gasteiger partial charge on any atom is 0.270 e. The summed E-state index contributed by atoms with van der Waals surface area (Å²) in [5, 5.41) is 20.1. The molecule has 0 aliphatic rings. The van der Waals surface area contributed by atoms with Gasteiger partial charge in [0, 0.05) is 23.3 Å². The van der Waals surface area contributed by atoms with Crippen molar-refractivity contribution in [3.8, 4) is 17.1 Å². The fourth-order valence-electron chi connectivity index (χ4n) is 2.25. The topological polar surface area (TPSA) is 93.6 Å². The second-order valence-corrected chi connectivity index (χ2v) is 5.25. The predicted molar refractivity (Wildman–Crippen MR) is 92.3 cm³/mol. The van der Waals surface area contributed by atoms with Crippen LogP contribution in [0.25, 0.3) is 17.4 Å². The smallest absolute Gasteiger partial charge is 0.270 e. The van der Waals surface area contributed by atoms with Crippen LogP contribution in [0.15, 0.2) is 71.2 Å². The SMILES string of the molecule is O=C(/C=C/c1ccc(-c2cccc([N+](=O)[O-])c2)o1)c1ccc(O)cc1. The number of hydrogen-bond acceptors (Lipinski definition) is 5. The van der Waals surface area contributed by atoms with Crippen molar-refractivity contribution in [2.75, 3.05) is 0 Å². The molecule has 1 heterocycles. The molecule has 3 rings (SSSR count). The molecule has 6 nitrogen and oxygen atoms in total. The molecule has 1 N–H and O–H groups in total. The number of carbonyl (C=O) groups excluding carboxylic acids is 1. The van der Waals surface area contributed by atoms with Gasteiger partial charge in [-0.25, -0.2) is 0 Å². The highest BCUT2D eigenvalue weighted by molar-refractivity contribution is 6.06. The zero-order valence-electron chi connectivity index (χ0n) is 13.0. The number of hydrogen-bond donors (Lipinski definition) is 1. The Hall–Kier alpha value is -3.67. The molecule has 3 aromatic rings. The summed E-state index contributed by atoms with van der Waals surface area (Å²) in [6.45, 7) is 0. The third-order valence-electron chi connectivity index (χ3n) is 3.52. The molecular weight excluding hydrogens is 322 g/mol. The van der Waals surface area contributed by atoms with Crippen LogP contribution in [0.4, 0.5) is 5.69 Å². The minimum Gasteiger partial charge on any atom is -0.508 e. The largest absolute Gasteiger partial charge is 0.508 e. The lowest BCUT2D eigenvalue weighted by Crippen LogP contribution is -1.92. The third-order valence-corrected chi connectivity index (χ3v) is 3.52. The Morgan fingerprint density at radius 1 is 1.08 bits per heavy atom. The summed E-state index contributed by atoms with van der Waals surface area (Å²) >= 11 is 0. The summed E-state index contributed by atoms with van der Waals surface area (Å²) in [5.41, 5.74) is 1.01. The molecule has 0 aliphatic heterocycles. The molecule has 0 amide bonds. The quantitative estimate of drug-likeness (QED) is 0.321. The van der Waals surface area contributed by atoms with Crippen molar-refractivity contribution in [3.63, 3.8) is 0 Å². The van der Waals surface area contributed by atoms with Crippen LogP contribution in [0.3, 0.4) is 0 Å². The Morgan fingerprint density at radius 3 is 2.56 bits per heavy atom. The fourth-order valence-corrected chi connectivity index (χ4v) is 2.25. The normalized spacial score (nSPS) is 10.9. The average Bonchev–Trinajstić information content (AvgIpc) is 3.09. The molecular formula is C19H13NO5. The Morgan fingerprint density at radius 2 is 1.84 bits per heavy atom. The number of non-ortho nitro benzene ring substituents is 1. The van der Waals surface area contributed by atoms with E-state index in [1.165, 1.54) is 48.6 Å². The van der Waals surface area contributed by atoms with E-state index in [0.717, 1.165) is 0 Å². The highest BCUT2D eigenvalue weighted by Gasteiger charge is 2.10. The molecule has 0 unspecified atom stereocenters. The van der Waals surface area contributed by atoms with Gasteiger partial charge in [-0.15, -0.1) is 0 Å². The Kier molecular flexibility index (Phi) is 4.43. The monoisotopic (exact) mass is 335 g/mol. The van der Waals surface area contributed by atoms with E-state index >= 15 is 0 Å². The summed E-state index contributed by atoms with van der Waals surface area (Å²) < 4.78 is 5.61. The number of phenols is 1. The minimum absolute atomic E-state index is 0.0199. The van der Waals surface area contributed by atoms with Gasteiger partial charge in [0.2, 0.25) is 0 Å². The van der Waals surface area contributed by atoms with Gasteiger partial charge in [0.15, 0.2) is 5.78 Å². The lowest BCUT2D eigenvalue weighted by Gasteiger charge is -1.97. The predicted octanol–water partition coefficient (Wildman–Crippen LogP) is 4.46. The van der Waals surface area contributed by atoms with Gasteiger partial charge >= 0.3 is 0 Å². The summed E-state index contributed by atoms with van der Waals surface area (Å²) in [6, 6.07) is 15.4. The van der Waals surface area contributed by atoms with Crippen molar-refractivity contribution < 1.29 is 19.2 Å². The van der Waals surface area contributed by atoms with E-state index in [1.54, 1.807) is 24.3 Å². The first-order valence-corrected chi connectivity index (χ1v) is 7.39. The Bertz CT molecular complexity index is 954. The van der Waals surface area contributed by atoms with Crippen LogP contribution in [0.1, 0.15) is 16.1 Å². The summed E-state index contributed by atoms with van der Waals surface area (Å²) in [5.74, 6) is 0.788. The molecule has 0 aliphatic carbocycles. The summed E-state index contributed by atoms with van der Waals surface area (Å²) in [7, 11) is 0. The van der Waals surface area contributed by atoms with Gasteiger partial charge < -0.3 is 9.52 Å². The van der Waals surface area contributed by atoms with E-state index in [2.05, 4.69) is 0 Å². The number of nitro groups is 1. The fraction of sp³-hybridized carbons (Fsp3) is 0. The Balaban J connectivity index is 1.77. The molecule has 0 spiro atoms. The van der Waals surface area contributed by atoms with Crippen molar-refractivity contribution >= 4 is 17.5 Å². The van der Waals surface area contributed by atoms with Crippen molar-refractivity contribution in [1.82, 2.24) is 0 Å². The standard InChI is InChI=1S/C19H13NO5/c21-16-6-4-13(5-7-16)18(22)10-8-17-9-11-19(25-17)14-2-1-3-15(12-14)20(23)24/h1-12,21H/b10-8+. The molecule has 1 aromatic heterocycles. The lowest BCUT2D eigenvalue weighted by atomic mass is 10.1. The number of nitro benzene ring substituents is 1. The van der Waals surface area contributed by atoms with E-state index in [0.29, 0.717) is 22.6 Å². The zero-order chi connectivity index (χ0) is 17.8. The number of rotatable bonds is 5. The maximum absolute atomic E-state index is 12.0. The van der Waals surface area contributed by atoms with Gasteiger partial charge in [-0.3, -0.25) is 14.9 Å². The van der Waals surface area contributed by atoms with Crippen LogP contribution in [0.5, 0.6) is 5.75 Å². The first-order valence-electron chi connectivity index (χ1n) is 7.39. The van der Waals surface area contributed by atoms with Crippen molar-refractivity contribution in [1.29, 1.82) is 0 Å². The Labute approximate surface area is 142 Å². The van der Waals surface area contributed by atoms with Gasteiger partial charge in [0.05, 0.1) is 4.92 Å². The first-order chi connectivity index (χ1) is 12.0. The molecule has 2 aromatic carbocycles. The minimum atomic E-state index is -0.469. The molecule has 6 heteroatoms. The number of carbonyl (C=O) groups is 1. The van der Waals surface area contributed by atoms with Crippen molar-refractivity contribution in [2.24, 2.45) is 0 Å². The molecule has 0 saturated heterocycles. The lowest BCUT2D eigenvalue weighted by molar-refractivity contribution is -0.384. The van der Waals surface area contributed by atoms with Crippen LogP contribution in [0.2, 0.25) is 0 Å². The number of aromatic hydroxyl groups is 1. The first kappa shape index (κ1) is 16.2. The average molecular weight is 335 g/mol. The van der Waals surface area contributed by atoms with E-state index in [4.69, 9.17) is 4.42 Å². The molecule has 0 fully saturated rings.